The number of carbonyl (C=O) groups excluding carboxylic acids is 1. The highest BCUT2D eigenvalue weighted by atomic mass is 19.1. The second-order valence-corrected chi connectivity index (χ2v) is 4.14. The predicted octanol–water partition coefficient (Wildman–Crippen LogP) is 1.89. The molecule has 15 heavy (non-hydrogen) atoms. The minimum absolute atomic E-state index is 0.0572. The van der Waals surface area contributed by atoms with E-state index in [1.165, 1.54) is 6.07 Å². The predicted molar refractivity (Wildman–Crippen MR) is 55.8 cm³/mol. The molecule has 1 aromatic carbocycles. The maximum Gasteiger partial charge on any atom is 0.223 e. The lowest BCUT2D eigenvalue weighted by Crippen LogP contribution is -2.28. The Kier molecular flexibility index (Phi) is 2.71. The average Bonchev–Trinajstić information content (AvgIpc) is 2.50. The lowest BCUT2D eigenvalue weighted by Gasteiger charge is -2.10. The molecule has 2 atom stereocenters. The van der Waals surface area contributed by atoms with Crippen LogP contribution in [0.2, 0.25) is 0 Å². The Balaban J connectivity index is 2.05. The molecule has 0 spiro atoms. The number of nitrogens with one attached hydrogen (secondary N) is 1. The fourth-order valence-electron chi connectivity index (χ4n) is 2.00. The SMILES string of the molecule is CC1CC(Cc2ccccc2F)NC1=O. The molecule has 2 unspecified atom stereocenters. The number of benzene rings is 1. The third-order valence-electron chi connectivity index (χ3n) is 2.86. The van der Waals surface area contributed by atoms with Gasteiger partial charge < -0.3 is 5.32 Å². The molecule has 0 radical (unpaired) electrons. The van der Waals surface area contributed by atoms with Crippen LogP contribution in [-0.2, 0) is 11.2 Å². The van der Waals surface area contributed by atoms with E-state index in [1.807, 2.05) is 13.0 Å². The van der Waals surface area contributed by atoms with Crippen LogP contribution in [0, 0.1) is 11.7 Å². The fourth-order valence-corrected chi connectivity index (χ4v) is 2.00. The van der Waals surface area contributed by atoms with Gasteiger partial charge in [0.25, 0.3) is 0 Å². The summed E-state index contributed by atoms with van der Waals surface area (Å²) in [5.74, 6) is -0.0515. The summed E-state index contributed by atoms with van der Waals surface area (Å²) in [7, 11) is 0. The third kappa shape index (κ3) is 2.17. The van der Waals surface area contributed by atoms with E-state index in [0.29, 0.717) is 12.0 Å². The first-order valence-corrected chi connectivity index (χ1v) is 5.20. The van der Waals surface area contributed by atoms with Gasteiger partial charge in [-0.05, 0) is 24.5 Å². The second-order valence-electron chi connectivity index (χ2n) is 4.14. The Morgan fingerprint density at radius 3 is 2.80 bits per heavy atom. The molecule has 3 heteroatoms. The molecule has 1 heterocycles. The Morgan fingerprint density at radius 2 is 2.20 bits per heavy atom. The summed E-state index contributed by atoms with van der Waals surface area (Å²) in [5, 5.41) is 2.87. The van der Waals surface area contributed by atoms with Crippen LogP contribution in [0.4, 0.5) is 4.39 Å². The van der Waals surface area contributed by atoms with Crippen molar-refractivity contribution in [3.63, 3.8) is 0 Å². The number of rotatable bonds is 2. The van der Waals surface area contributed by atoms with Crippen LogP contribution in [0.3, 0.4) is 0 Å². The van der Waals surface area contributed by atoms with Gasteiger partial charge in [0.1, 0.15) is 5.82 Å². The Labute approximate surface area is 88.5 Å². The molecule has 1 aromatic rings. The van der Waals surface area contributed by atoms with E-state index in [1.54, 1.807) is 12.1 Å². The largest absolute Gasteiger partial charge is 0.353 e. The van der Waals surface area contributed by atoms with Crippen molar-refractivity contribution >= 4 is 5.91 Å². The highest BCUT2D eigenvalue weighted by Gasteiger charge is 2.28. The molecule has 80 valence electrons. The third-order valence-corrected chi connectivity index (χ3v) is 2.86. The van der Waals surface area contributed by atoms with E-state index >= 15 is 0 Å². The van der Waals surface area contributed by atoms with Crippen molar-refractivity contribution < 1.29 is 9.18 Å². The van der Waals surface area contributed by atoms with Crippen molar-refractivity contribution in [3.05, 3.63) is 35.6 Å². The zero-order chi connectivity index (χ0) is 10.8. The van der Waals surface area contributed by atoms with Gasteiger partial charge in [0.15, 0.2) is 0 Å². The van der Waals surface area contributed by atoms with Crippen LogP contribution >= 0.6 is 0 Å². The summed E-state index contributed by atoms with van der Waals surface area (Å²) in [6, 6.07) is 6.80. The van der Waals surface area contributed by atoms with Gasteiger partial charge in [-0.1, -0.05) is 25.1 Å². The van der Waals surface area contributed by atoms with Gasteiger partial charge in [-0.25, -0.2) is 4.39 Å². The number of amides is 1. The van der Waals surface area contributed by atoms with Gasteiger partial charge in [0.05, 0.1) is 0 Å². The lowest BCUT2D eigenvalue weighted by atomic mass is 10.0. The van der Waals surface area contributed by atoms with Crippen molar-refractivity contribution in [2.24, 2.45) is 5.92 Å². The van der Waals surface area contributed by atoms with E-state index in [0.717, 1.165) is 6.42 Å². The monoisotopic (exact) mass is 207 g/mol. The molecular formula is C12H14FNO. The molecule has 1 aliphatic heterocycles. The van der Waals surface area contributed by atoms with Crippen molar-refractivity contribution in [2.75, 3.05) is 0 Å². The average molecular weight is 207 g/mol. The number of halogens is 1. The summed E-state index contributed by atoms with van der Waals surface area (Å²) in [6.07, 6.45) is 1.38. The highest BCUT2D eigenvalue weighted by Crippen LogP contribution is 2.19. The fraction of sp³-hybridized carbons (Fsp3) is 0.417. The second kappa shape index (κ2) is 4.01. The minimum atomic E-state index is -0.189. The quantitative estimate of drug-likeness (QED) is 0.788. The van der Waals surface area contributed by atoms with Crippen LogP contribution < -0.4 is 5.32 Å². The summed E-state index contributed by atoms with van der Waals surface area (Å²) >= 11 is 0. The van der Waals surface area contributed by atoms with Crippen molar-refractivity contribution in [1.29, 1.82) is 0 Å². The van der Waals surface area contributed by atoms with Gasteiger partial charge in [-0.2, -0.15) is 0 Å². The topological polar surface area (TPSA) is 29.1 Å². The van der Waals surface area contributed by atoms with Crippen molar-refractivity contribution in [2.45, 2.75) is 25.8 Å². The standard InChI is InChI=1S/C12H14FNO/c1-8-6-10(14-12(8)15)7-9-4-2-3-5-11(9)13/h2-5,8,10H,6-7H2,1H3,(H,14,15). The molecule has 0 aliphatic carbocycles. The molecule has 2 nitrogen and oxygen atoms in total. The van der Waals surface area contributed by atoms with Crippen LogP contribution in [0.25, 0.3) is 0 Å². The first-order valence-electron chi connectivity index (χ1n) is 5.20. The zero-order valence-corrected chi connectivity index (χ0v) is 8.66. The van der Waals surface area contributed by atoms with E-state index in [-0.39, 0.29) is 23.7 Å². The van der Waals surface area contributed by atoms with Gasteiger partial charge in [-0.3, -0.25) is 4.79 Å². The first kappa shape index (κ1) is 10.1. The van der Waals surface area contributed by atoms with Gasteiger partial charge in [-0.15, -0.1) is 0 Å². The summed E-state index contributed by atoms with van der Waals surface area (Å²) in [6.45, 7) is 1.90. The van der Waals surface area contributed by atoms with Crippen LogP contribution in [-0.4, -0.2) is 11.9 Å². The molecule has 1 saturated heterocycles. The molecular weight excluding hydrogens is 193 g/mol. The van der Waals surface area contributed by atoms with Crippen molar-refractivity contribution in [3.8, 4) is 0 Å². The molecule has 0 saturated carbocycles. The maximum atomic E-state index is 13.3. The molecule has 1 N–H and O–H groups in total. The summed E-state index contributed by atoms with van der Waals surface area (Å²) < 4.78 is 13.3. The summed E-state index contributed by atoms with van der Waals surface area (Å²) in [5.41, 5.74) is 0.678. The van der Waals surface area contributed by atoms with E-state index in [2.05, 4.69) is 5.32 Å². The Hall–Kier alpha value is -1.38. The highest BCUT2D eigenvalue weighted by molar-refractivity contribution is 5.80. The molecule has 1 fully saturated rings. The van der Waals surface area contributed by atoms with Crippen LogP contribution in [0.5, 0.6) is 0 Å². The maximum absolute atomic E-state index is 13.3. The Bertz CT molecular complexity index is 378. The first-order chi connectivity index (χ1) is 7.16. The Morgan fingerprint density at radius 1 is 1.47 bits per heavy atom. The van der Waals surface area contributed by atoms with Gasteiger partial charge in [0, 0.05) is 12.0 Å². The van der Waals surface area contributed by atoms with Gasteiger partial charge >= 0.3 is 0 Å². The summed E-state index contributed by atoms with van der Waals surface area (Å²) in [4.78, 5) is 11.3. The molecule has 0 aromatic heterocycles. The van der Waals surface area contributed by atoms with E-state index < -0.39 is 0 Å². The van der Waals surface area contributed by atoms with Crippen LogP contribution in [0.1, 0.15) is 18.9 Å². The smallest absolute Gasteiger partial charge is 0.223 e. The molecule has 1 amide bonds. The van der Waals surface area contributed by atoms with Crippen LogP contribution in [0.15, 0.2) is 24.3 Å². The molecule has 0 bridgehead atoms. The van der Waals surface area contributed by atoms with Gasteiger partial charge in [0.2, 0.25) is 5.91 Å². The molecule has 1 aliphatic rings. The number of carbonyl (C=O) groups is 1. The number of hydrogen-bond donors (Lipinski definition) is 1. The van der Waals surface area contributed by atoms with E-state index in [9.17, 15) is 9.18 Å². The molecule has 2 rings (SSSR count). The van der Waals surface area contributed by atoms with E-state index in [4.69, 9.17) is 0 Å². The normalized spacial score (nSPS) is 25.3. The minimum Gasteiger partial charge on any atom is -0.353 e. The van der Waals surface area contributed by atoms with Crippen molar-refractivity contribution in [1.82, 2.24) is 5.32 Å². The zero-order valence-electron chi connectivity index (χ0n) is 8.66. The number of hydrogen-bond acceptors (Lipinski definition) is 1. The lowest BCUT2D eigenvalue weighted by molar-refractivity contribution is -0.122.